The normalized spacial score (nSPS) is 27.4. The Hall–Kier alpha value is -0.440. The molecule has 0 aromatic heterocycles. The number of carbonyl (C=O) groups is 1. The molecule has 0 aromatic carbocycles. The van der Waals surface area contributed by atoms with E-state index >= 15 is 0 Å². The number of alkyl halides is 1. The van der Waals surface area contributed by atoms with Crippen molar-refractivity contribution in [3.05, 3.63) is 0 Å². The van der Waals surface area contributed by atoms with Crippen LogP contribution in [0.25, 0.3) is 0 Å². The van der Waals surface area contributed by atoms with Gasteiger partial charge in [-0.15, -0.1) is 0 Å². The lowest BCUT2D eigenvalue weighted by atomic mass is 10.1. The summed E-state index contributed by atoms with van der Waals surface area (Å²) in [7, 11) is 0. The van der Waals surface area contributed by atoms with Gasteiger partial charge < -0.3 is 0 Å². The van der Waals surface area contributed by atoms with E-state index in [0.717, 1.165) is 6.54 Å². The first kappa shape index (κ1) is 9.65. The maximum atomic E-state index is 12.7. The first-order chi connectivity index (χ1) is 5.65. The third-order valence-corrected chi connectivity index (χ3v) is 2.52. The number of nitrogens with zero attached hydrogens (tertiary/aromatic N) is 1. The lowest BCUT2D eigenvalue weighted by Gasteiger charge is -2.21. The van der Waals surface area contributed by atoms with Crippen LogP contribution in [0.4, 0.5) is 4.39 Å². The molecule has 0 bridgehead atoms. The van der Waals surface area contributed by atoms with Crippen LogP contribution in [-0.4, -0.2) is 36.0 Å². The first-order valence-corrected chi connectivity index (χ1v) is 4.56. The van der Waals surface area contributed by atoms with E-state index in [1.807, 2.05) is 18.7 Å². The van der Waals surface area contributed by atoms with Crippen LogP contribution in [-0.2, 0) is 4.79 Å². The van der Waals surface area contributed by atoms with Crippen LogP contribution in [0.15, 0.2) is 0 Å². The van der Waals surface area contributed by atoms with Gasteiger partial charge in [0.2, 0.25) is 0 Å². The molecule has 1 fully saturated rings. The average molecular weight is 173 g/mol. The number of carbonyl (C=O) groups excluding carboxylic acids is 1. The van der Waals surface area contributed by atoms with E-state index in [0.29, 0.717) is 19.4 Å². The van der Waals surface area contributed by atoms with Crippen LogP contribution in [0, 0.1) is 0 Å². The van der Waals surface area contributed by atoms with Gasteiger partial charge in [-0.1, -0.05) is 6.92 Å². The largest absolute Gasteiger partial charge is 0.298 e. The van der Waals surface area contributed by atoms with Gasteiger partial charge in [-0.3, -0.25) is 9.69 Å². The molecule has 0 saturated carbocycles. The number of Topliss-reactive ketones (excluding diaryl/α,β-unsaturated/α-hetero) is 1. The summed E-state index contributed by atoms with van der Waals surface area (Å²) < 4.78 is 12.7. The van der Waals surface area contributed by atoms with Crippen LogP contribution in [0.2, 0.25) is 0 Å². The molecule has 2 atom stereocenters. The lowest BCUT2D eigenvalue weighted by molar-refractivity contribution is -0.123. The van der Waals surface area contributed by atoms with Crippen molar-refractivity contribution in [2.75, 3.05) is 13.1 Å². The maximum Gasteiger partial charge on any atom is 0.149 e. The second kappa shape index (κ2) is 3.99. The van der Waals surface area contributed by atoms with Gasteiger partial charge in [0.05, 0.1) is 6.04 Å². The molecule has 2 nitrogen and oxygen atoms in total. The van der Waals surface area contributed by atoms with Gasteiger partial charge in [-0.05, 0) is 13.3 Å². The molecule has 1 aliphatic rings. The topological polar surface area (TPSA) is 20.3 Å². The molecule has 12 heavy (non-hydrogen) atoms. The highest BCUT2D eigenvalue weighted by atomic mass is 19.1. The van der Waals surface area contributed by atoms with E-state index in [4.69, 9.17) is 0 Å². The van der Waals surface area contributed by atoms with Crippen molar-refractivity contribution in [3.8, 4) is 0 Å². The van der Waals surface area contributed by atoms with Crippen molar-refractivity contribution in [1.82, 2.24) is 4.90 Å². The standard InChI is InChI=1S/C9H16FNO/c1-3-9(12)7(2)11-5-4-8(10)6-11/h7-8H,3-6H2,1-2H3. The highest BCUT2D eigenvalue weighted by Gasteiger charge is 2.28. The summed E-state index contributed by atoms with van der Waals surface area (Å²) >= 11 is 0. The Kier molecular flexibility index (Phi) is 3.20. The Balaban J connectivity index is 2.42. The summed E-state index contributed by atoms with van der Waals surface area (Å²) in [5, 5.41) is 0. The van der Waals surface area contributed by atoms with Crippen molar-refractivity contribution in [3.63, 3.8) is 0 Å². The summed E-state index contributed by atoms with van der Waals surface area (Å²) in [6.45, 7) is 4.88. The predicted molar refractivity (Wildman–Crippen MR) is 45.8 cm³/mol. The van der Waals surface area contributed by atoms with Crippen molar-refractivity contribution in [2.45, 2.75) is 38.9 Å². The van der Waals surface area contributed by atoms with E-state index in [1.54, 1.807) is 0 Å². The zero-order valence-electron chi connectivity index (χ0n) is 7.72. The SMILES string of the molecule is CCC(=O)C(C)N1CCC(F)C1. The molecule has 3 heteroatoms. The minimum Gasteiger partial charge on any atom is -0.298 e. The summed E-state index contributed by atoms with van der Waals surface area (Å²) in [4.78, 5) is 13.2. The van der Waals surface area contributed by atoms with Gasteiger partial charge in [-0.25, -0.2) is 4.39 Å². The minimum atomic E-state index is -0.725. The van der Waals surface area contributed by atoms with E-state index < -0.39 is 6.17 Å². The van der Waals surface area contributed by atoms with Gasteiger partial charge in [0, 0.05) is 19.5 Å². The maximum absolute atomic E-state index is 12.7. The van der Waals surface area contributed by atoms with Gasteiger partial charge in [0.15, 0.2) is 0 Å². The fourth-order valence-corrected chi connectivity index (χ4v) is 1.59. The number of hydrogen-bond acceptors (Lipinski definition) is 2. The molecule has 0 aromatic rings. The molecule has 0 radical (unpaired) electrons. The number of halogens is 1. The Labute approximate surface area is 72.7 Å². The summed E-state index contributed by atoms with van der Waals surface area (Å²) in [5.41, 5.74) is 0. The molecule has 1 rings (SSSR count). The molecule has 1 aliphatic heterocycles. The van der Waals surface area contributed by atoms with E-state index in [1.165, 1.54) is 0 Å². The van der Waals surface area contributed by atoms with Crippen molar-refractivity contribution >= 4 is 5.78 Å². The zero-order valence-corrected chi connectivity index (χ0v) is 7.72. The van der Waals surface area contributed by atoms with Gasteiger partial charge in [-0.2, -0.15) is 0 Å². The quantitative estimate of drug-likeness (QED) is 0.643. The Morgan fingerprint density at radius 3 is 2.83 bits per heavy atom. The lowest BCUT2D eigenvalue weighted by Crippen LogP contribution is -2.37. The number of likely N-dealkylation sites (tertiary alicyclic amines) is 1. The predicted octanol–water partition coefficient (Wildman–Crippen LogP) is 1.40. The zero-order chi connectivity index (χ0) is 9.14. The smallest absolute Gasteiger partial charge is 0.149 e. The molecule has 0 N–H and O–H groups in total. The summed E-state index contributed by atoms with van der Waals surface area (Å²) in [6, 6.07) is -0.0873. The van der Waals surface area contributed by atoms with Crippen LogP contribution in [0.5, 0.6) is 0 Å². The van der Waals surface area contributed by atoms with Gasteiger partial charge in [0.1, 0.15) is 12.0 Å². The van der Waals surface area contributed by atoms with Crippen LogP contribution in [0.1, 0.15) is 26.7 Å². The molecule has 0 aliphatic carbocycles. The molecule has 70 valence electrons. The van der Waals surface area contributed by atoms with E-state index in [-0.39, 0.29) is 11.8 Å². The number of hydrogen-bond donors (Lipinski definition) is 0. The van der Waals surface area contributed by atoms with E-state index in [2.05, 4.69) is 0 Å². The van der Waals surface area contributed by atoms with Gasteiger partial charge >= 0.3 is 0 Å². The molecular formula is C9H16FNO. The highest BCUT2D eigenvalue weighted by molar-refractivity contribution is 5.83. The molecule has 2 unspecified atom stereocenters. The summed E-state index contributed by atoms with van der Waals surface area (Å²) in [6.07, 6.45) is 0.410. The fraction of sp³-hybridized carbons (Fsp3) is 0.889. The number of rotatable bonds is 3. The summed E-state index contributed by atoms with van der Waals surface area (Å²) in [5.74, 6) is 0.212. The van der Waals surface area contributed by atoms with Crippen LogP contribution < -0.4 is 0 Å². The molecular weight excluding hydrogens is 157 g/mol. The fourth-order valence-electron chi connectivity index (χ4n) is 1.59. The van der Waals surface area contributed by atoms with Crippen molar-refractivity contribution < 1.29 is 9.18 Å². The highest BCUT2D eigenvalue weighted by Crippen LogP contribution is 2.15. The molecule has 0 amide bonds. The second-order valence-corrected chi connectivity index (χ2v) is 3.38. The molecule has 1 saturated heterocycles. The Morgan fingerprint density at radius 1 is 1.75 bits per heavy atom. The van der Waals surface area contributed by atoms with Crippen molar-refractivity contribution in [2.24, 2.45) is 0 Å². The van der Waals surface area contributed by atoms with Crippen LogP contribution >= 0.6 is 0 Å². The minimum absolute atomic E-state index is 0.0873. The number of ketones is 1. The first-order valence-electron chi connectivity index (χ1n) is 4.56. The third kappa shape index (κ3) is 2.03. The molecule has 1 heterocycles. The van der Waals surface area contributed by atoms with Gasteiger partial charge in [0.25, 0.3) is 0 Å². The van der Waals surface area contributed by atoms with Crippen LogP contribution in [0.3, 0.4) is 0 Å². The average Bonchev–Trinajstić information content (AvgIpc) is 2.49. The Morgan fingerprint density at radius 2 is 2.42 bits per heavy atom. The Bertz CT molecular complexity index is 172. The third-order valence-electron chi connectivity index (χ3n) is 2.52. The molecule has 0 spiro atoms. The monoisotopic (exact) mass is 173 g/mol. The van der Waals surface area contributed by atoms with E-state index in [9.17, 15) is 9.18 Å². The second-order valence-electron chi connectivity index (χ2n) is 3.38. The van der Waals surface area contributed by atoms with Crippen molar-refractivity contribution in [1.29, 1.82) is 0 Å².